The Kier molecular flexibility index (Phi) is 16.2. The molecule has 3 unspecified atom stereocenters. The summed E-state index contributed by atoms with van der Waals surface area (Å²) in [6.45, 7) is 7.29. The quantitative estimate of drug-likeness (QED) is 0.0861. The van der Waals surface area contributed by atoms with E-state index < -0.39 is 53.5 Å². The van der Waals surface area contributed by atoms with Crippen molar-refractivity contribution in [3.8, 4) is 11.1 Å². The Morgan fingerprint density at radius 1 is 0.943 bits per heavy atom. The molecule has 3 rings (SSSR count). The number of benzene rings is 2. The van der Waals surface area contributed by atoms with Crippen LogP contribution in [-0.4, -0.2) is 77.9 Å². The van der Waals surface area contributed by atoms with Crippen molar-refractivity contribution in [3.05, 3.63) is 88.6 Å². The molecule has 0 aliphatic heterocycles. The maximum absolute atomic E-state index is 15.0. The van der Waals surface area contributed by atoms with Gasteiger partial charge in [-0.25, -0.2) is 8.78 Å². The lowest BCUT2D eigenvalue weighted by molar-refractivity contribution is -0.135. The van der Waals surface area contributed by atoms with Gasteiger partial charge >= 0.3 is 0 Å². The normalized spacial score (nSPS) is 13.1. The van der Waals surface area contributed by atoms with Crippen molar-refractivity contribution < 1.29 is 28.0 Å². The molecule has 3 aromatic rings. The number of hydrogen-bond acceptors (Lipinski definition) is 8. The molecule has 0 radical (unpaired) electrons. The zero-order valence-electron chi connectivity index (χ0n) is 30.9. The number of halogens is 2. The zero-order valence-corrected chi connectivity index (χ0v) is 30.9. The van der Waals surface area contributed by atoms with Gasteiger partial charge in [0, 0.05) is 56.1 Å². The van der Waals surface area contributed by atoms with Gasteiger partial charge in [-0.2, -0.15) is 4.91 Å². The minimum Gasteiger partial charge on any atom is -0.353 e. The number of nitrogens with zero attached hydrogens (tertiary/aromatic N) is 3. The lowest BCUT2D eigenvalue weighted by atomic mass is 9.82. The van der Waals surface area contributed by atoms with Crippen LogP contribution in [0.15, 0.2) is 66.0 Å². The van der Waals surface area contributed by atoms with Gasteiger partial charge in [-0.05, 0) is 67.5 Å². The van der Waals surface area contributed by atoms with Gasteiger partial charge in [-0.15, -0.1) is 0 Å². The van der Waals surface area contributed by atoms with Crippen molar-refractivity contribution in [2.45, 2.75) is 78.0 Å². The van der Waals surface area contributed by atoms with Crippen LogP contribution in [0.4, 0.5) is 8.78 Å². The Hall–Kier alpha value is -5.02. The molecule has 2 aromatic carbocycles. The van der Waals surface area contributed by atoms with E-state index in [0.717, 1.165) is 23.8 Å². The van der Waals surface area contributed by atoms with Crippen LogP contribution >= 0.6 is 0 Å². The second-order valence-electron chi connectivity index (χ2n) is 14.0. The van der Waals surface area contributed by atoms with Crippen LogP contribution in [0.3, 0.4) is 0 Å². The second kappa shape index (κ2) is 20.3. The molecule has 13 nitrogen and oxygen atoms in total. The Morgan fingerprint density at radius 3 is 2.25 bits per heavy atom. The van der Waals surface area contributed by atoms with E-state index in [-0.39, 0.29) is 43.4 Å². The van der Waals surface area contributed by atoms with E-state index in [1.165, 1.54) is 11.8 Å². The van der Waals surface area contributed by atoms with Crippen LogP contribution in [0.1, 0.15) is 70.7 Å². The van der Waals surface area contributed by atoms with Crippen molar-refractivity contribution in [2.75, 3.05) is 32.7 Å². The molecule has 0 saturated carbocycles. The Balaban J connectivity index is 1.82. The van der Waals surface area contributed by atoms with Crippen molar-refractivity contribution in [1.82, 2.24) is 25.4 Å². The lowest BCUT2D eigenvalue weighted by Crippen LogP contribution is -2.49. The van der Waals surface area contributed by atoms with E-state index in [4.69, 9.17) is 11.5 Å². The summed E-state index contributed by atoms with van der Waals surface area (Å²) in [5, 5.41) is 10.8. The predicted octanol–water partition coefficient (Wildman–Crippen LogP) is 3.75. The highest BCUT2D eigenvalue weighted by atomic mass is 19.1. The number of carbonyl (C=O) groups is 4. The number of nitroso groups, excluding NO2 is 1. The van der Waals surface area contributed by atoms with Crippen molar-refractivity contribution in [1.29, 1.82) is 0 Å². The summed E-state index contributed by atoms with van der Waals surface area (Å²) in [6.07, 6.45) is 3.50. The summed E-state index contributed by atoms with van der Waals surface area (Å²) in [5.74, 6) is -3.07. The highest BCUT2D eigenvalue weighted by molar-refractivity contribution is 5.87. The number of unbranched alkanes of at least 4 members (excludes halogenated alkanes) is 1. The first-order chi connectivity index (χ1) is 25.2. The summed E-state index contributed by atoms with van der Waals surface area (Å²) < 4.78 is 31.2. The molecule has 7 N–H and O–H groups in total. The van der Waals surface area contributed by atoms with Gasteiger partial charge in [0.2, 0.25) is 23.6 Å². The monoisotopic (exact) mass is 738 g/mol. The summed E-state index contributed by atoms with van der Waals surface area (Å²) in [6, 6.07) is 11.9. The maximum atomic E-state index is 15.0. The van der Waals surface area contributed by atoms with Gasteiger partial charge < -0.3 is 36.9 Å². The van der Waals surface area contributed by atoms with Crippen LogP contribution in [-0.2, 0) is 25.7 Å². The van der Waals surface area contributed by atoms with Crippen molar-refractivity contribution in [3.63, 3.8) is 0 Å². The smallest absolute Gasteiger partial charge is 0.248 e. The van der Waals surface area contributed by atoms with Gasteiger partial charge in [0.15, 0.2) is 6.54 Å². The first-order valence-corrected chi connectivity index (χ1v) is 17.7. The van der Waals surface area contributed by atoms with Gasteiger partial charge in [0.25, 0.3) is 0 Å². The minimum atomic E-state index is -1.07. The van der Waals surface area contributed by atoms with E-state index in [2.05, 4.69) is 21.1 Å². The molecule has 0 fully saturated rings. The van der Waals surface area contributed by atoms with Crippen LogP contribution in [0.25, 0.3) is 11.1 Å². The summed E-state index contributed by atoms with van der Waals surface area (Å²) in [4.78, 5) is 63.7. The highest BCUT2D eigenvalue weighted by Gasteiger charge is 2.37. The van der Waals surface area contributed by atoms with Crippen LogP contribution < -0.4 is 27.4 Å². The molecule has 15 heteroatoms. The molecule has 0 aliphatic carbocycles. The Labute approximate surface area is 309 Å². The number of hydrogen-bond donors (Lipinski definition) is 5. The molecular formula is C38H52F2N8O5. The third kappa shape index (κ3) is 12.9. The number of rotatable bonds is 20. The standard InChI is InChI=1S/C38H52F2N8O5/c1-25(49)46-32(12-8-9-16-41)37(52)44-18-17-43-36(51)31(42)15-19-48(34(50)22-45-53)35(38(2,3)4)33-20-27(29-21-28(39)13-14-30(29)40)24-47(33)23-26-10-6-5-7-11-26/h5-7,10-11,13-14,20-21,24,31-32,35H,8-9,12,15-19,22-23,41-42H2,1-4H3,(H,43,51)(H,44,52)(H,46,49). The summed E-state index contributed by atoms with van der Waals surface area (Å²) in [7, 11) is 0. The van der Waals surface area contributed by atoms with E-state index in [1.54, 1.807) is 12.3 Å². The SMILES string of the molecule is CC(=O)NC(CCCCN)C(=O)NCCNC(=O)C(N)CCN(C(=O)CN=O)C(c1cc(-c2cc(F)ccc2F)cn1Cc1ccccc1)C(C)(C)C. The fourth-order valence-corrected chi connectivity index (χ4v) is 6.20. The largest absolute Gasteiger partial charge is 0.353 e. The summed E-state index contributed by atoms with van der Waals surface area (Å²) in [5.41, 5.74) is 13.1. The number of aromatic nitrogens is 1. The van der Waals surface area contributed by atoms with Gasteiger partial charge in [0.05, 0.1) is 12.1 Å². The molecule has 0 spiro atoms. The highest BCUT2D eigenvalue weighted by Crippen LogP contribution is 2.41. The maximum Gasteiger partial charge on any atom is 0.248 e. The predicted molar refractivity (Wildman–Crippen MR) is 199 cm³/mol. The molecule has 53 heavy (non-hydrogen) atoms. The Bertz CT molecular complexity index is 1700. The van der Waals surface area contributed by atoms with Gasteiger partial charge in [-0.3, -0.25) is 19.2 Å². The number of nitrogens with one attached hydrogen (secondary N) is 3. The van der Waals surface area contributed by atoms with Crippen LogP contribution in [0, 0.1) is 22.0 Å². The zero-order chi connectivity index (χ0) is 39.1. The molecule has 4 amide bonds. The summed E-state index contributed by atoms with van der Waals surface area (Å²) >= 11 is 0. The van der Waals surface area contributed by atoms with Gasteiger partial charge in [-0.1, -0.05) is 56.3 Å². The molecule has 288 valence electrons. The number of amides is 4. The molecule has 1 aromatic heterocycles. The number of nitrogens with two attached hydrogens (primary N) is 2. The fourth-order valence-electron chi connectivity index (χ4n) is 6.20. The fraction of sp³-hybridized carbons (Fsp3) is 0.474. The molecule has 1 heterocycles. The van der Waals surface area contributed by atoms with E-state index in [1.807, 2.05) is 55.7 Å². The molecular weight excluding hydrogens is 686 g/mol. The molecule has 0 saturated heterocycles. The first kappa shape index (κ1) is 42.4. The topological polar surface area (TPSA) is 194 Å². The average Bonchev–Trinajstić information content (AvgIpc) is 3.50. The van der Waals surface area contributed by atoms with Crippen LogP contribution in [0.5, 0.6) is 0 Å². The minimum absolute atomic E-state index is 0.00585. The molecule has 0 bridgehead atoms. The third-order valence-corrected chi connectivity index (χ3v) is 8.68. The molecule has 3 atom stereocenters. The van der Waals surface area contributed by atoms with E-state index in [0.29, 0.717) is 43.6 Å². The van der Waals surface area contributed by atoms with Gasteiger partial charge in [0.1, 0.15) is 17.7 Å². The first-order valence-electron chi connectivity index (χ1n) is 17.7. The number of carbonyl (C=O) groups excluding carboxylic acids is 4. The van der Waals surface area contributed by atoms with Crippen molar-refractivity contribution >= 4 is 23.6 Å². The van der Waals surface area contributed by atoms with E-state index in [9.17, 15) is 28.5 Å². The third-order valence-electron chi connectivity index (χ3n) is 8.68. The average molecular weight is 739 g/mol. The second-order valence-corrected chi connectivity index (χ2v) is 14.0. The van der Waals surface area contributed by atoms with Crippen LogP contribution in [0.2, 0.25) is 0 Å². The van der Waals surface area contributed by atoms with E-state index >= 15 is 4.39 Å². The molecule has 0 aliphatic rings. The lowest BCUT2D eigenvalue weighted by Gasteiger charge is -2.41. The van der Waals surface area contributed by atoms with Crippen molar-refractivity contribution in [2.24, 2.45) is 22.1 Å². The Morgan fingerprint density at radius 2 is 1.62 bits per heavy atom.